The zero-order valence-corrected chi connectivity index (χ0v) is 16.0. The van der Waals surface area contributed by atoms with Crippen molar-refractivity contribution in [2.75, 3.05) is 12.4 Å². The molecular weight excluding hydrogens is 370 g/mol. The molecule has 2 aromatic rings. The molecule has 2 N–H and O–H groups in total. The van der Waals surface area contributed by atoms with Crippen LogP contribution in [0.2, 0.25) is 5.02 Å². The second-order valence-electron chi connectivity index (χ2n) is 5.83. The first-order valence-electron chi connectivity index (χ1n) is 8.32. The summed E-state index contributed by atoms with van der Waals surface area (Å²) in [7, 11) is 1.26. The minimum atomic E-state index is -0.558. The van der Waals surface area contributed by atoms with Gasteiger partial charge in [0.25, 0.3) is 11.8 Å². The molecule has 0 bridgehead atoms. The Hall–Kier alpha value is -2.93. The zero-order valence-electron chi connectivity index (χ0n) is 15.2. The number of amides is 2. The van der Waals surface area contributed by atoms with Gasteiger partial charge in [0.1, 0.15) is 11.4 Å². The Bertz CT molecular complexity index is 870. The molecule has 8 heteroatoms. The summed E-state index contributed by atoms with van der Waals surface area (Å²) in [6, 6.07) is 8.95. The molecule has 0 aliphatic carbocycles. The molecule has 2 rings (SSSR count). The van der Waals surface area contributed by atoms with E-state index in [4.69, 9.17) is 11.6 Å². The molecule has 1 unspecified atom stereocenters. The summed E-state index contributed by atoms with van der Waals surface area (Å²) in [5.41, 5.74) is 0.663. The van der Waals surface area contributed by atoms with Crippen LogP contribution in [0.25, 0.3) is 0 Å². The lowest BCUT2D eigenvalue weighted by molar-refractivity contribution is 0.0600. The van der Waals surface area contributed by atoms with Crippen molar-refractivity contribution in [3.8, 4) is 0 Å². The number of methoxy groups -OCH3 is 1. The molecule has 2 amide bonds. The van der Waals surface area contributed by atoms with Crippen LogP contribution in [0.5, 0.6) is 0 Å². The van der Waals surface area contributed by atoms with Crippen molar-refractivity contribution in [2.24, 2.45) is 0 Å². The number of nitrogens with one attached hydrogen (secondary N) is 2. The Morgan fingerprint density at radius 2 is 1.81 bits per heavy atom. The third-order valence-corrected chi connectivity index (χ3v) is 4.17. The van der Waals surface area contributed by atoms with E-state index in [0.717, 1.165) is 6.42 Å². The highest BCUT2D eigenvalue weighted by atomic mass is 35.5. The first kappa shape index (κ1) is 20.4. The zero-order chi connectivity index (χ0) is 20.0. The molecule has 1 aromatic carbocycles. The predicted molar refractivity (Wildman–Crippen MR) is 102 cm³/mol. The number of carbonyl (C=O) groups is 3. The van der Waals surface area contributed by atoms with E-state index in [1.807, 2.05) is 13.8 Å². The normalized spacial score (nSPS) is 11.4. The van der Waals surface area contributed by atoms with Crippen LogP contribution in [-0.4, -0.2) is 35.9 Å². The van der Waals surface area contributed by atoms with E-state index in [0.29, 0.717) is 0 Å². The number of benzene rings is 1. The Kier molecular flexibility index (Phi) is 6.90. The molecule has 0 radical (unpaired) electrons. The van der Waals surface area contributed by atoms with Gasteiger partial charge in [-0.05, 0) is 43.7 Å². The van der Waals surface area contributed by atoms with Crippen LogP contribution in [0.4, 0.5) is 5.69 Å². The van der Waals surface area contributed by atoms with Crippen molar-refractivity contribution in [1.82, 2.24) is 10.3 Å². The van der Waals surface area contributed by atoms with Crippen LogP contribution in [0.3, 0.4) is 0 Å². The smallest absolute Gasteiger partial charge is 0.337 e. The maximum atomic E-state index is 12.5. The number of nitrogens with zero attached hydrogens (tertiary/aromatic N) is 1. The van der Waals surface area contributed by atoms with E-state index in [9.17, 15) is 14.4 Å². The summed E-state index contributed by atoms with van der Waals surface area (Å²) < 4.78 is 4.65. The van der Waals surface area contributed by atoms with Gasteiger partial charge in [0.15, 0.2) is 0 Å². The molecule has 1 aromatic heterocycles. The predicted octanol–water partition coefficient (Wildman–Crippen LogP) is 3.30. The molecule has 0 spiro atoms. The average molecular weight is 390 g/mol. The Balaban J connectivity index is 2.20. The lowest BCUT2D eigenvalue weighted by Crippen LogP contribution is -2.32. The highest BCUT2D eigenvalue weighted by molar-refractivity contribution is 6.34. The summed E-state index contributed by atoms with van der Waals surface area (Å²) in [6.45, 7) is 3.83. The molecule has 27 heavy (non-hydrogen) atoms. The molecule has 0 fully saturated rings. The molecule has 0 saturated heterocycles. The van der Waals surface area contributed by atoms with E-state index >= 15 is 0 Å². The number of hydrogen-bond acceptors (Lipinski definition) is 5. The minimum absolute atomic E-state index is 0.00310. The van der Waals surface area contributed by atoms with Crippen molar-refractivity contribution in [1.29, 1.82) is 0 Å². The highest BCUT2D eigenvalue weighted by Crippen LogP contribution is 2.24. The van der Waals surface area contributed by atoms with E-state index < -0.39 is 11.9 Å². The number of anilines is 1. The average Bonchev–Trinajstić information content (AvgIpc) is 2.68. The van der Waals surface area contributed by atoms with Gasteiger partial charge in [-0.3, -0.25) is 9.59 Å². The molecule has 0 aliphatic rings. The molecule has 142 valence electrons. The fourth-order valence-electron chi connectivity index (χ4n) is 2.14. The van der Waals surface area contributed by atoms with Gasteiger partial charge in [-0.15, -0.1) is 0 Å². The monoisotopic (exact) mass is 389 g/mol. The number of ether oxygens (including phenoxy) is 1. The summed E-state index contributed by atoms with van der Waals surface area (Å²) in [5, 5.41) is 5.63. The number of aromatic nitrogens is 1. The number of halogens is 1. The molecular formula is C19H20ClN3O4. The maximum Gasteiger partial charge on any atom is 0.337 e. The van der Waals surface area contributed by atoms with Crippen LogP contribution in [0, 0.1) is 0 Å². The molecule has 1 heterocycles. The van der Waals surface area contributed by atoms with Crippen molar-refractivity contribution in [3.63, 3.8) is 0 Å². The van der Waals surface area contributed by atoms with Crippen molar-refractivity contribution in [3.05, 3.63) is 58.4 Å². The van der Waals surface area contributed by atoms with Gasteiger partial charge in [0, 0.05) is 6.04 Å². The quantitative estimate of drug-likeness (QED) is 0.739. The van der Waals surface area contributed by atoms with Gasteiger partial charge < -0.3 is 15.4 Å². The summed E-state index contributed by atoms with van der Waals surface area (Å²) in [6.07, 6.45) is 0.779. The Morgan fingerprint density at radius 1 is 1.15 bits per heavy atom. The van der Waals surface area contributed by atoms with E-state index in [1.165, 1.54) is 37.4 Å². The molecule has 1 atom stereocenters. The fraction of sp³-hybridized carbons (Fsp3) is 0.263. The fourth-order valence-corrected chi connectivity index (χ4v) is 2.30. The maximum absolute atomic E-state index is 12.5. The van der Waals surface area contributed by atoms with Gasteiger partial charge in [-0.2, -0.15) is 0 Å². The number of esters is 1. The summed E-state index contributed by atoms with van der Waals surface area (Å²) in [5.74, 6) is -1.47. The molecule has 7 nitrogen and oxygen atoms in total. The largest absolute Gasteiger partial charge is 0.465 e. The van der Waals surface area contributed by atoms with E-state index in [2.05, 4.69) is 20.4 Å². The topological polar surface area (TPSA) is 97.4 Å². The van der Waals surface area contributed by atoms with Crippen LogP contribution >= 0.6 is 11.6 Å². The molecule has 0 aliphatic heterocycles. The second kappa shape index (κ2) is 9.14. The van der Waals surface area contributed by atoms with Crippen molar-refractivity contribution < 1.29 is 19.1 Å². The van der Waals surface area contributed by atoms with E-state index in [-0.39, 0.29) is 39.6 Å². The first-order valence-corrected chi connectivity index (χ1v) is 8.70. The van der Waals surface area contributed by atoms with Crippen LogP contribution in [0.1, 0.15) is 51.6 Å². The number of hydrogen-bond donors (Lipinski definition) is 2. The van der Waals surface area contributed by atoms with Crippen molar-refractivity contribution in [2.45, 2.75) is 26.3 Å². The van der Waals surface area contributed by atoms with Gasteiger partial charge in [0.05, 0.1) is 23.4 Å². The van der Waals surface area contributed by atoms with Crippen molar-refractivity contribution >= 4 is 35.1 Å². The number of rotatable bonds is 6. The standard InChI is InChI=1S/C19H20ClN3O4/c1-4-11(2)21-17(24)14-6-5-7-15(22-14)18(25)23-16-10-12(19(26)27-3)8-9-13(16)20/h5-11H,4H2,1-3H3,(H,21,24)(H,23,25). The Morgan fingerprint density at radius 3 is 2.44 bits per heavy atom. The van der Waals surface area contributed by atoms with Gasteiger partial charge in [0.2, 0.25) is 0 Å². The number of pyridine rings is 1. The summed E-state index contributed by atoms with van der Waals surface area (Å²) >= 11 is 6.08. The third kappa shape index (κ3) is 5.27. The minimum Gasteiger partial charge on any atom is -0.465 e. The van der Waals surface area contributed by atoms with Gasteiger partial charge in [-0.1, -0.05) is 24.6 Å². The molecule has 0 saturated carbocycles. The lowest BCUT2D eigenvalue weighted by Gasteiger charge is -2.12. The SMILES string of the molecule is CCC(C)NC(=O)c1cccc(C(=O)Nc2cc(C(=O)OC)ccc2Cl)n1. The van der Waals surface area contributed by atoms with Crippen LogP contribution in [-0.2, 0) is 4.74 Å². The first-order chi connectivity index (χ1) is 12.8. The highest BCUT2D eigenvalue weighted by Gasteiger charge is 2.16. The second-order valence-corrected chi connectivity index (χ2v) is 6.24. The van der Waals surface area contributed by atoms with Gasteiger partial charge in [-0.25, -0.2) is 9.78 Å². The van der Waals surface area contributed by atoms with Gasteiger partial charge >= 0.3 is 5.97 Å². The van der Waals surface area contributed by atoms with E-state index in [1.54, 1.807) is 6.07 Å². The lowest BCUT2D eigenvalue weighted by atomic mass is 10.2. The third-order valence-electron chi connectivity index (χ3n) is 3.84. The van der Waals surface area contributed by atoms with Crippen LogP contribution < -0.4 is 10.6 Å². The van der Waals surface area contributed by atoms with Crippen LogP contribution in [0.15, 0.2) is 36.4 Å². The number of carbonyl (C=O) groups excluding carboxylic acids is 3. The Labute approximate surface area is 162 Å². The summed E-state index contributed by atoms with van der Waals surface area (Å²) in [4.78, 5) is 40.4.